The SMILES string of the molecule is CN(C)c1cnnc(Br)c1. The number of nitrogens with zero attached hydrogens (tertiary/aromatic N) is 3. The first-order valence-electron chi connectivity index (χ1n) is 2.85. The van der Waals surface area contributed by atoms with Gasteiger partial charge in [-0.2, -0.15) is 5.10 Å². The van der Waals surface area contributed by atoms with E-state index in [1.54, 1.807) is 6.20 Å². The van der Waals surface area contributed by atoms with Gasteiger partial charge in [0.25, 0.3) is 0 Å². The summed E-state index contributed by atoms with van der Waals surface area (Å²) in [6.07, 6.45) is 1.71. The van der Waals surface area contributed by atoms with Crippen molar-refractivity contribution in [1.29, 1.82) is 0 Å². The summed E-state index contributed by atoms with van der Waals surface area (Å²) in [6.45, 7) is 0. The van der Waals surface area contributed by atoms with Gasteiger partial charge in [0, 0.05) is 14.1 Å². The van der Waals surface area contributed by atoms with Gasteiger partial charge < -0.3 is 4.90 Å². The van der Waals surface area contributed by atoms with E-state index in [9.17, 15) is 0 Å². The van der Waals surface area contributed by atoms with Crippen LogP contribution in [0.15, 0.2) is 16.9 Å². The highest BCUT2D eigenvalue weighted by Gasteiger charge is 1.95. The van der Waals surface area contributed by atoms with Gasteiger partial charge in [-0.1, -0.05) is 0 Å². The summed E-state index contributed by atoms with van der Waals surface area (Å²) < 4.78 is 0.763. The maximum atomic E-state index is 3.77. The molecule has 0 saturated carbocycles. The summed E-state index contributed by atoms with van der Waals surface area (Å²) in [5.41, 5.74) is 1.04. The third-order valence-electron chi connectivity index (χ3n) is 1.13. The maximum absolute atomic E-state index is 3.77. The van der Waals surface area contributed by atoms with Crippen molar-refractivity contribution in [2.75, 3.05) is 19.0 Å². The van der Waals surface area contributed by atoms with Crippen LogP contribution in [0.5, 0.6) is 0 Å². The average molecular weight is 202 g/mol. The molecule has 1 aromatic rings. The molecule has 3 nitrogen and oxygen atoms in total. The fraction of sp³-hybridized carbons (Fsp3) is 0.333. The fourth-order valence-corrected chi connectivity index (χ4v) is 0.902. The molecule has 0 radical (unpaired) electrons. The minimum atomic E-state index is 0.763. The Hall–Kier alpha value is -0.640. The summed E-state index contributed by atoms with van der Waals surface area (Å²) in [6, 6.07) is 1.91. The van der Waals surface area contributed by atoms with Gasteiger partial charge in [0.2, 0.25) is 0 Å². The summed E-state index contributed by atoms with van der Waals surface area (Å²) >= 11 is 3.23. The smallest absolute Gasteiger partial charge is 0.130 e. The second-order valence-corrected chi connectivity index (χ2v) is 2.94. The highest BCUT2D eigenvalue weighted by molar-refractivity contribution is 9.10. The monoisotopic (exact) mass is 201 g/mol. The topological polar surface area (TPSA) is 29.0 Å². The summed E-state index contributed by atoms with van der Waals surface area (Å²) in [5.74, 6) is 0. The predicted molar refractivity (Wildman–Crippen MR) is 44.1 cm³/mol. The van der Waals surface area contributed by atoms with Crippen molar-refractivity contribution in [3.8, 4) is 0 Å². The number of hydrogen-bond donors (Lipinski definition) is 0. The zero-order valence-electron chi connectivity index (χ0n) is 5.87. The van der Waals surface area contributed by atoms with E-state index in [1.165, 1.54) is 0 Å². The van der Waals surface area contributed by atoms with Crippen LogP contribution in [-0.4, -0.2) is 24.3 Å². The van der Waals surface area contributed by atoms with Crippen LogP contribution in [-0.2, 0) is 0 Å². The molecule has 54 valence electrons. The fourth-order valence-electron chi connectivity index (χ4n) is 0.576. The minimum Gasteiger partial charge on any atom is -0.376 e. The number of hydrogen-bond acceptors (Lipinski definition) is 3. The number of halogens is 1. The third kappa shape index (κ3) is 1.67. The molecule has 0 fully saturated rings. The van der Waals surface area contributed by atoms with Crippen LogP contribution >= 0.6 is 15.9 Å². The Labute approximate surface area is 68.2 Å². The molecule has 0 N–H and O–H groups in total. The Morgan fingerprint density at radius 2 is 2.20 bits per heavy atom. The predicted octanol–water partition coefficient (Wildman–Crippen LogP) is 1.31. The lowest BCUT2D eigenvalue weighted by Gasteiger charge is -2.10. The average Bonchev–Trinajstić information content (AvgIpc) is 1.88. The summed E-state index contributed by atoms with van der Waals surface area (Å²) in [7, 11) is 3.92. The Bertz CT molecular complexity index is 224. The molecular weight excluding hydrogens is 194 g/mol. The van der Waals surface area contributed by atoms with E-state index in [0.717, 1.165) is 10.3 Å². The normalized spacial score (nSPS) is 9.50. The van der Waals surface area contributed by atoms with Crippen LogP contribution in [0.3, 0.4) is 0 Å². The quantitative estimate of drug-likeness (QED) is 0.687. The second kappa shape index (κ2) is 2.96. The molecule has 1 aromatic heterocycles. The highest BCUT2D eigenvalue weighted by Crippen LogP contribution is 2.12. The van der Waals surface area contributed by atoms with Crippen molar-refractivity contribution in [2.24, 2.45) is 0 Å². The molecule has 0 aliphatic heterocycles. The molecule has 0 aliphatic carbocycles. The molecule has 4 heteroatoms. The Morgan fingerprint density at radius 1 is 1.50 bits per heavy atom. The van der Waals surface area contributed by atoms with Gasteiger partial charge in [-0.15, -0.1) is 5.10 Å². The van der Waals surface area contributed by atoms with E-state index in [1.807, 2.05) is 25.1 Å². The third-order valence-corrected chi connectivity index (χ3v) is 1.51. The van der Waals surface area contributed by atoms with Crippen molar-refractivity contribution < 1.29 is 0 Å². The van der Waals surface area contributed by atoms with Crippen molar-refractivity contribution in [3.05, 3.63) is 16.9 Å². The molecule has 0 aliphatic rings. The standard InChI is InChI=1S/C6H8BrN3/c1-10(2)5-3-6(7)9-8-4-5/h3-4H,1-2H3. The molecule has 0 aromatic carbocycles. The molecule has 0 atom stereocenters. The van der Waals surface area contributed by atoms with Crippen LogP contribution in [0.1, 0.15) is 0 Å². The van der Waals surface area contributed by atoms with Gasteiger partial charge in [0.05, 0.1) is 11.9 Å². The highest BCUT2D eigenvalue weighted by atomic mass is 79.9. The van der Waals surface area contributed by atoms with E-state index in [2.05, 4.69) is 26.1 Å². The van der Waals surface area contributed by atoms with Crippen LogP contribution in [0.25, 0.3) is 0 Å². The van der Waals surface area contributed by atoms with E-state index < -0.39 is 0 Å². The van der Waals surface area contributed by atoms with Crippen LogP contribution in [0.2, 0.25) is 0 Å². The summed E-state index contributed by atoms with van der Waals surface area (Å²) in [4.78, 5) is 1.97. The van der Waals surface area contributed by atoms with Crippen LogP contribution in [0, 0.1) is 0 Å². The first-order chi connectivity index (χ1) is 4.70. The molecule has 0 spiro atoms. The minimum absolute atomic E-state index is 0.763. The lowest BCUT2D eigenvalue weighted by molar-refractivity contribution is 0.981. The Morgan fingerprint density at radius 3 is 2.60 bits per heavy atom. The first kappa shape index (κ1) is 7.47. The van der Waals surface area contributed by atoms with Gasteiger partial charge in [-0.05, 0) is 22.0 Å². The van der Waals surface area contributed by atoms with Crippen molar-refractivity contribution in [3.63, 3.8) is 0 Å². The number of rotatable bonds is 1. The van der Waals surface area contributed by atoms with Crippen molar-refractivity contribution >= 4 is 21.6 Å². The first-order valence-corrected chi connectivity index (χ1v) is 3.65. The molecule has 0 saturated heterocycles. The van der Waals surface area contributed by atoms with Crippen LogP contribution < -0.4 is 4.90 Å². The van der Waals surface area contributed by atoms with Gasteiger partial charge in [0.1, 0.15) is 4.60 Å². The largest absolute Gasteiger partial charge is 0.376 e. The molecule has 0 unspecified atom stereocenters. The van der Waals surface area contributed by atoms with E-state index >= 15 is 0 Å². The maximum Gasteiger partial charge on any atom is 0.130 e. The van der Waals surface area contributed by atoms with E-state index in [0.29, 0.717) is 0 Å². The lowest BCUT2D eigenvalue weighted by Crippen LogP contribution is -2.08. The zero-order valence-corrected chi connectivity index (χ0v) is 7.46. The van der Waals surface area contributed by atoms with Crippen molar-refractivity contribution in [1.82, 2.24) is 10.2 Å². The molecule has 0 bridgehead atoms. The Balaban J connectivity index is 2.96. The van der Waals surface area contributed by atoms with Crippen LogP contribution in [0.4, 0.5) is 5.69 Å². The molecule has 1 heterocycles. The van der Waals surface area contributed by atoms with E-state index in [4.69, 9.17) is 0 Å². The van der Waals surface area contributed by atoms with Gasteiger partial charge in [-0.3, -0.25) is 0 Å². The molecular formula is C6H8BrN3. The van der Waals surface area contributed by atoms with E-state index in [-0.39, 0.29) is 0 Å². The second-order valence-electron chi connectivity index (χ2n) is 2.13. The number of aromatic nitrogens is 2. The van der Waals surface area contributed by atoms with Gasteiger partial charge >= 0.3 is 0 Å². The summed E-state index contributed by atoms with van der Waals surface area (Å²) in [5, 5.41) is 7.53. The molecule has 10 heavy (non-hydrogen) atoms. The zero-order chi connectivity index (χ0) is 7.56. The Kier molecular flexibility index (Phi) is 2.21. The molecule has 0 amide bonds. The lowest BCUT2D eigenvalue weighted by atomic mass is 10.4. The van der Waals surface area contributed by atoms with Crippen molar-refractivity contribution in [2.45, 2.75) is 0 Å². The number of anilines is 1. The van der Waals surface area contributed by atoms with Gasteiger partial charge in [-0.25, -0.2) is 0 Å². The van der Waals surface area contributed by atoms with Gasteiger partial charge in [0.15, 0.2) is 0 Å². The molecule has 1 rings (SSSR count).